The van der Waals surface area contributed by atoms with E-state index in [4.69, 9.17) is 16.6 Å². The topological polar surface area (TPSA) is 122 Å². The fourth-order valence-corrected chi connectivity index (χ4v) is 1.20. The summed E-state index contributed by atoms with van der Waals surface area (Å²) in [5, 5.41) is 21.4. The highest BCUT2D eigenvalue weighted by Crippen LogP contribution is 2.20. The van der Waals surface area contributed by atoms with E-state index in [1.54, 1.807) is 6.07 Å². The van der Waals surface area contributed by atoms with Gasteiger partial charge >= 0.3 is 0 Å². The van der Waals surface area contributed by atoms with E-state index in [9.17, 15) is 9.90 Å². The average Bonchev–Trinajstić information content (AvgIpc) is 2.27. The number of nitrogen functional groups attached to an aromatic ring is 1. The zero-order valence-electron chi connectivity index (χ0n) is 9.60. The van der Waals surface area contributed by atoms with Gasteiger partial charge < -0.3 is 27.0 Å². The zero-order chi connectivity index (χ0) is 13.1. The van der Waals surface area contributed by atoms with Gasteiger partial charge in [0, 0.05) is 12.1 Å². The first-order valence-electron chi connectivity index (χ1n) is 5.12. The van der Waals surface area contributed by atoms with Crippen molar-refractivity contribution in [2.45, 2.75) is 12.5 Å². The molecule has 0 saturated carbocycles. The van der Waals surface area contributed by atoms with Crippen molar-refractivity contribution >= 4 is 17.3 Å². The summed E-state index contributed by atoms with van der Waals surface area (Å²) in [4.78, 5) is 11.0. The Morgan fingerprint density at radius 1 is 1.53 bits per heavy atom. The van der Waals surface area contributed by atoms with E-state index in [1.165, 1.54) is 19.1 Å². The van der Waals surface area contributed by atoms with E-state index in [2.05, 4.69) is 5.32 Å². The Kier molecular flexibility index (Phi) is 3.93. The predicted octanol–water partition coefficient (Wildman–Crippen LogP) is -0.477. The smallest absolute Gasteiger partial charge is 0.248 e. The fourth-order valence-electron chi connectivity index (χ4n) is 1.20. The highest BCUT2D eigenvalue weighted by atomic mass is 16.3. The van der Waals surface area contributed by atoms with Crippen molar-refractivity contribution in [3.63, 3.8) is 0 Å². The van der Waals surface area contributed by atoms with E-state index >= 15 is 0 Å². The Morgan fingerprint density at radius 3 is 2.71 bits per heavy atom. The second-order valence-electron chi connectivity index (χ2n) is 4.17. The number of nitrogens with one attached hydrogen (secondary N) is 1. The maximum atomic E-state index is 11.0. The highest BCUT2D eigenvalue weighted by Gasteiger charge is 2.19. The maximum absolute atomic E-state index is 11.0. The molecule has 6 nitrogen and oxygen atoms in total. The Hall–Kier alpha value is -1.79. The Morgan fingerprint density at radius 2 is 2.18 bits per heavy atom. The van der Waals surface area contributed by atoms with Crippen LogP contribution in [0.25, 0.3) is 0 Å². The van der Waals surface area contributed by atoms with Crippen LogP contribution in [-0.2, 0) is 0 Å². The van der Waals surface area contributed by atoms with E-state index in [0.29, 0.717) is 16.9 Å². The number of carbonyl (C=O) groups is 1. The first-order valence-corrected chi connectivity index (χ1v) is 5.12. The van der Waals surface area contributed by atoms with Crippen molar-refractivity contribution in [2.24, 2.45) is 5.73 Å². The SMILES string of the molecule is CC(O)(CO)CNc1cc(C(N)=O)ccc1N. The first kappa shape index (κ1) is 13.3. The zero-order valence-corrected chi connectivity index (χ0v) is 9.60. The van der Waals surface area contributed by atoms with E-state index < -0.39 is 11.5 Å². The molecule has 0 saturated heterocycles. The van der Waals surface area contributed by atoms with E-state index in [-0.39, 0.29) is 13.2 Å². The monoisotopic (exact) mass is 239 g/mol. The Labute approximate surface area is 99.2 Å². The molecule has 1 aromatic carbocycles. The van der Waals surface area contributed by atoms with Crippen LogP contribution in [0.2, 0.25) is 0 Å². The molecular formula is C11H17N3O3. The number of primary amides is 1. The quantitative estimate of drug-likeness (QED) is 0.444. The van der Waals surface area contributed by atoms with Gasteiger partial charge in [0.25, 0.3) is 0 Å². The lowest BCUT2D eigenvalue weighted by Gasteiger charge is -2.22. The second-order valence-corrected chi connectivity index (χ2v) is 4.17. The van der Waals surface area contributed by atoms with E-state index in [0.717, 1.165) is 0 Å². The molecule has 94 valence electrons. The molecule has 17 heavy (non-hydrogen) atoms. The number of aliphatic hydroxyl groups is 2. The van der Waals surface area contributed by atoms with Gasteiger partial charge in [0.1, 0.15) is 5.60 Å². The van der Waals surface area contributed by atoms with Crippen LogP contribution in [0.5, 0.6) is 0 Å². The fraction of sp³-hybridized carbons (Fsp3) is 0.364. The summed E-state index contributed by atoms with van der Waals surface area (Å²) in [5.41, 5.74) is 10.8. The third kappa shape index (κ3) is 3.61. The third-order valence-corrected chi connectivity index (χ3v) is 2.34. The van der Waals surface area contributed by atoms with Crippen LogP contribution in [-0.4, -0.2) is 34.9 Å². The summed E-state index contributed by atoms with van der Waals surface area (Å²) in [7, 11) is 0. The summed E-state index contributed by atoms with van der Waals surface area (Å²) < 4.78 is 0. The number of anilines is 2. The Balaban J connectivity index is 2.83. The van der Waals surface area contributed by atoms with Crippen molar-refractivity contribution in [3.05, 3.63) is 23.8 Å². The van der Waals surface area contributed by atoms with Crippen LogP contribution in [0.15, 0.2) is 18.2 Å². The maximum Gasteiger partial charge on any atom is 0.248 e. The molecule has 1 atom stereocenters. The van der Waals surface area contributed by atoms with Gasteiger partial charge in [-0.05, 0) is 25.1 Å². The normalized spacial score (nSPS) is 14.1. The van der Waals surface area contributed by atoms with Crippen LogP contribution in [0.3, 0.4) is 0 Å². The Bertz CT molecular complexity index is 418. The van der Waals surface area contributed by atoms with Gasteiger partial charge in [-0.15, -0.1) is 0 Å². The van der Waals surface area contributed by atoms with Gasteiger partial charge in [-0.2, -0.15) is 0 Å². The van der Waals surface area contributed by atoms with Crippen LogP contribution >= 0.6 is 0 Å². The summed E-state index contributed by atoms with van der Waals surface area (Å²) in [6.45, 7) is 1.21. The molecule has 6 heteroatoms. The molecule has 0 aromatic heterocycles. The third-order valence-electron chi connectivity index (χ3n) is 2.34. The van der Waals surface area contributed by atoms with Gasteiger partial charge in [0.2, 0.25) is 5.91 Å². The minimum absolute atomic E-state index is 0.107. The number of hydrogen-bond donors (Lipinski definition) is 5. The molecule has 0 aliphatic rings. The standard InChI is InChI=1S/C11H17N3O3/c1-11(17,6-15)5-14-9-4-7(10(13)16)2-3-8(9)12/h2-4,14-15,17H,5-6,12H2,1H3,(H2,13,16). The van der Waals surface area contributed by atoms with Crippen molar-refractivity contribution in [3.8, 4) is 0 Å². The molecule has 1 rings (SSSR count). The molecule has 0 bridgehead atoms. The minimum atomic E-state index is -1.25. The van der Waals surface area contributed by atoms with Crippen molar-refractivity contribution in [1.82, 2.24) is 0 Å². The molecule has 0 spiro atoms. The summed E-state index contributed by atoms with van der Waals surface area (Å²) in [6, 6.07) is 4.58. The number of rotatable bonds is 5. The van der Waals surface area contributed by atoms with Crippen molar-refractivity contribution in [1.29, 1.82) is 0 Å². The number of aliphatic hydroxyl groups excluding tert-OH is 1. The summed E-state index contributed by atoms with van der Waals surface area (Å²) in [5.74, 6) is -0.554. The van der Waals surface area contributed by atoms with Gasteiger partial charge in [-0.25, -0.2) is 0 Å². The van der Waals surface area contributed by atoms with Crippen LogP contribution in [0.4, 0.5) is 11.4 Å². The molecule has 0 heterocycles. The number of amides is 1. The average molecular weight is 239 g/mol. The van der Waals surface area contributed by atoms with Crippen molar-refractivity contribution in [2.75, 3.05) is 24.2 Å². The first-order chi connectivity index (χ1) is 7.85. The van der Waals surface area contributed by atoms with Crippen LogP contribution < -0.4 is 16.8 Å². The highest BCUT2D eigenvalue weighted by molar-refractivity contribution is 5.94. The second kappa shape index (κ2) is 5.03. The van der Waals surface area contributed by atoms with Gasteiger partial charge in [0.15, 0.2) is 0 Å². The molecule has 0 fully saturated rings. The lowest BCUT2D eigenvalue weighted by atomic mass is 10.1. The van der Waals surface area contributed by atoms with Gasteiger partial charge in [-0.1, -0.05) is 0 Å². The molecule has 1 amide bonds. The summed E-state index contributed by atoms with van der Waals surface area (Å²) in [6.07, 6.45) is 0. The van der Waals surface area contributed by atoms with E-state index in [1.807, 2.05) is 0 Å². The molecule has 0 aliphatic carbocycles. The van der Waals surface area contributed by atoms with Crippen LogP contribution in [0, 0.1) is 0 Å². The lowest BCUT2D eigenvalue weighted by Crippen LogP contribution is -2.37. The molecule has 7 N–H and O–H groups in total. The minimum Gasteiger partial charge on any atom is -0.397 e. The number of benzene rings is 1. The molecular weight excluding hydrogens is 222 g/mol. The van der Waals surface area contributed by atoms with Gasteiger partial charge in [0.05, 0.1) is 18.0 Å². The number of hydrogen-bond acceptors (Lipinski definition) is 5. The molecule has 0 radical (unpaired) electrons. The predicted molar refractivity (Wildman–Crippen MR) is 65.6 cm³/mol. The summed E-state index contributed by atoms with van der Waals surface area (Å²) >= 11 is 0. The molecule has 0 aliphatic heterocycles. The lowest BCUT2D eigenvalue weighted by molar-refractivity contribution is 0.0132. The van der Waals surface area contributed by atoms with Crippen molar-refractivity contribution < 1.29 is 15.0 Å². The largest absolute Gasteiger partial charge is 0.397 e. The molecule has 1 aromatic rings. The molecule has 1 unspecified atom stereocenters. The van der Waals surface area contributed by atoms with Crippen LogP contribution in [0.1, 0.15) is 17.3 Å². The number of carbonyl (C=O) groups excluding carboxylic acids is 1. The van der Waals surface area contributed by atoms with Gasteiger partial charge in [-0.3, -0.25) is 4.79 Å². The number of nitrogens with two attached hydrogens (primary N) is 2.